The minimum atomic E-state index is -2.22. The quantitative estimate of drug-likeness (QED) is 0.111. The van der Waals surface area contributed by atoms with Crippen LogP contribution in [-0.2, 0) is 28.6 Å². The van der Waals surface area contributed by atoms with Gasteiger partial charge in [-0.15, -0.1) is 0 Å². The van der Waals surface area contributed by atoms with Crippen LogP contribution in [0.25, 0.3) is 0 Å². The summed E-state index contributed by atoms with van der Waals surface area (Å²) in [7, 11) is 0. The first-order valence-corrected chi connectivity index (χ1v) is 12.9. The molecule has 0 rings (SSSR count). The molecule has 0 amide bonds. The average molecular weight is 473 g/mol. The van der Waals surface area contributed by atoms with Crippen molar-refractivity contribution in [3.05, 3.63) is 0 Å². The number of rotatable bonds is 21. The number of esters is 3. The standard InChI is InChI=1S/C25H48N2O6/c1-4-7-18-31-22(28)21(16-14-12-10-11-13-15-17-26)25(27,23(29)32-19-8-5-2)24(30)33-20-9-6-3/h21H,4-20,26-27H2,1-3H3. The molecule has 1 unspecified atom stereocenters. The predicted molar refractivity (Wildman–Crippen MR) is 129 cm³/mol. The van der Waals surface area contributed by atoms with Crippen LogP contribution in [0.4, 0.5) is 0 Å². The fourth-order valence-electron chi connectivity index (χ4n) is 3.37. The monoisotopic (exact) mass is 472 g/mol. The van der Waals surface area contributed by atoms with E-state index in [0.29, 0.717) is 32.2 Å². The Hall–Kier alpha value is -1.67. The van der Waals surface area contributed by atoms with Gasteiger partial charge in [0.05, 0.1) is 25.7 Å². The number of carbonyl (C=O) groups excluding carboxylic acids is 3. The fourth-order valence-corrected chi connectivity index (χ4v) is 3.37. The third-order valence-electron chi connectivity index (χ3n) is 5.66. The molecule has 8 heteroatoms. The number of unbranched alkanes of at least 4 members (excludes halogenated alkanes) is 8. The van der Waals surface area contributed by atoms with E-state index in [1.165, 1.54) is 0 Å². The van der Waals surface area contributed by atoms with E-state index in [2.05, 4.69) is 0 Å². The Kier molecular flexibility index (Phi) is 18.8. The third-order valence-corrected chi connectivity index (χ3v) is 5.66. The lowest BCUT2D eigenvalue weighted by Crippen LogP contribution is -2.64. The van der Waals surface area contributed by atoms with Gasteiger partial charge in [0.2, 0.25) is 5.54 Å². The lowest BCUT2D eigenvalue weighted by Gasteiger charge is -2.32. The van der Waals surface area contributed by atoms with Crippen LogP contribution in [0.2, 0.25) is 0 Å². The number of ether oxygens (including phenoxy) is 3. The predicted octanol–water partition coefficient (Wildman–Crippen LogP) is 4.02. The average Bonchev–Trinajstić information content (AvgIpc) is 2.80. The Bertz CT molecular complexity index is 519. The molecule has 0 aliphatic carbocycles. The van der Waals surface area contributed by atoms with E-state index in [1.807, 2.05) is 20.8 Å². The van der Waals surface area contributed by atoms with E-state index >= 15 is 0 Å². The molecule has 0 aromatic rings. The van der Waals surface area contributed by atoms with Crippen LogP contribution in [0.3, 0.4) is 0 Å². The van der Waals surface area contributed by atoms with Gasteiger partial charge < -0.3 is 25.7 Å². The van der Waals surface area contributed by atoms with Gasteiger partial charge in [0, 0.05) is 0 Å². The van der Waals surface area contributed by atoms with Crippen LogP contribution >= 0.6 is 0 Å². The smallest absolute Gasteiger partial charge is 0.338 e. The summed E-state index contributed by atoms with van der Waals surface area (Å²) in [6.07, 6.45) is 10.3. The minimum Gasteiger partial charge on any atom is -0.465 e. The van der Waals surface area contributed by atoms with Crippen LogP contribution in [-0.4, -0.2) is 49.8 Å². The molecule has 0 spiro atoms. The molecule has 0 heterocycles. The Morgan fingerprint density at radius 1 is 0.667 bits per heavy atom. The summed E-state index contributed by atoms with van der Waals surface area (Å²) in [6, 6.07) is 0. The second kappa shape index (κ2) is 19.8. The summed E-state index contributed by atoms with van der Waals surface area (Å²) in [5.41, 5.74) is 9.73. The Balaban J connectivity index is 5.52. The lowest BCUT2D eigenvalue weighted by atomic mass is 9.80. The minimum absolute atomic E-state index is 0.134. The maximum atomic E-state index is 13.0. The number of carbonyl (C=O) groups is 3. The van der Waals surface area contributed by atoms with Crippen LogP contribution in [0.15, 0.2) is 0 Å². The molecule has 0 aliphatic rings. The van der Waals surface area contributed by atoms with Crippen molar-refractivity contribution in [1.82, 2.24) is 0 Å². The van der Waals surface area contributed by atoms with Gasteiger partial charge in [-0.2, -0.15) is 0 Å². The molecule has 0 fully saturated rings. The molecule has 4 N–H and O–H groups in total. The van der Waals surface area contributed by atoms with Crippen molar-refractivity contribution in [2.45, 2.75) is 110 Å². The molecule has 194 valence electrons. The van der Waals surface area contributed by atoms with Gasteiger partial charge >= 0.3 is 17.9 Å². The van der Waals surface area contributed by atoms with Crippen molar-refractivity contribution in [2.75, 3.05) is 26.4 Å². The van der Waals surface area contributed by atoms with E-state index in [0.717, 1.165) is 51.4 Å². The van der Waals surface area contributed by atoms with E-state index in [9.17, 15) is 14.4 Å². The van der Waals surface area contributed by atoms with Gasteiger partial charge in [0.1, 0.15) is 0 Å². The second-order valence-electron chi connectivity index (χ2n) is 8.62. The maximum Gasteiger partial charge on any atom is 0.338 e. The first kappa shape index (κ1) is 31.3. The molecule has 0 bridgehead atoms. The van der Waals surface area contributed by atoms with Crippen LogP contribution in [0, 0.1) is 5.92 Å². The molecule has 0 saturated carbocycles. The van der Waals surface area contributed by atoms with Crippen molar-refractivity contribution in [3.63, 3.8) is 0 Å². The summed E-state index contributed by atoms with van der Waals surface area (Å²) < 4.78 is 16.0. The Labute approximate surface area is 200 Å². The molecular formula is C25H48N2O6. The molecule has 33 heavy (non-hydrogen) atoms. The molecule has 0 aromatic heterocycles. The SMILES string of the molecule is CCCCOC(=O)C(CCCCCCCCN)C(N)(C(=O)OCCCC)C(=O)OCCCC. The summed E-state index contributed by atoms with van der Waals surface area (Å²) in [5, 5.41) is 0. The largest absolute Gasteiger partial charge is 0.465 e. The van der Waals surface area contributed by atoms with Crippen molar-refractivity contribution < 1.29 is 28.6 Å². The zero-order valence-electron chi connectivity index (χ0n) is 21.2. The zero-order chi connectivity index (χ0) is 25.0. The van der Waals surface area contributed by atoms with Gasteiger partial charge in [0.25, 0.3) is 0 Å². The highest BCUT2D eigenvalue weighted by atomic mass is 16.6. The molecular weight excluding hydrogens is 424 g/mol. The van der Waals surface area contributed by atoms with Crippen molar-refractivity contribution in [1.29, 1.82) is 0 Å². The maximum absolute atomic E-state index is 13.0. The van der Waals surface area contributed by atoms with Crippen molar-refractivity contribution >= 4 is 17.9 Å². The fraction of sp³-hybridized carbons (Fsp3) is 0.880. The van der Waals surface area contributed by atoms with Crippen molar-refractivity contribution in [3.8, 4) is 0 Å². The number of nitrogens with two attached hydrogens (primary N) is 2. The zero-order valence-corrected chi connectivity index (χ0v) is 21.2. The summed E-state index contributed by atoms with van der Waals surface area (Å²) in [5.74, 6) is -3.63. The Morgan fingerprint density at radius 3 is 1.55 bits per heavy atom. The van der Waals surface area contributed by atoms with Gasteiger partial charge in [-0.05, 0) is 38.6 Å². The van der Waals surface area contributed by atoms with Crippen molar-refractivity contribution in [2.24, 2.45) is 17.4 Å². The molecule has 1 atom stereocenters. The molecule has 0 aliphatic heterocycles. The molecule has 0 saturated heterocycles. The van der Waals surface area contributed by atoms with E-state index in [-0.39, 0.29) is 26.2 Å². The summed E-state index contributed by atoms with van der Waals surface area (Å²) >= 11 is 0. The second-order valence-corrected chi connectivity index (χ2v) is 8.62. The molecule has 0 aromatic carbocycles. The van der Waals surface area contributed by atoms with Crippen LogP contribution < -0.4 is 11.5 Å². The Morgan fingerprint density at radius 2 is 1.09 bits per heavy atom. The van der Waals surface area contributed by atoms with Gasteiger partial charge in [-0.25, -0.2) is 9.59 Å². The highest BCUT2D eigenvalue weighted by Gasteiger charge is 2.55. The normalized spacial score (nSPS) is 12.3. The van der Waals surface area contributed by atoms with Gasteiger partial charge in [0.15, 0.2) is 0 Å². The van der Waals surface area contributed by atoms with Gasteiger partial charge in [-0.1, -0.05) is 72.1 Å². The van der Waals surface area contributed by atoms with Crippen LogP contribution in [0.5, 0.6) is 0 Å². The third kappa shape index (κ3) is 12.4. The molecule has 8 nitrogen and oxygen atoms in total. The van der Waals surface area contributed by atoms with Crippen LogP contribution in [0.1, 0.15) is 104 Å². The first-order valence-electron chi connectivity index (χ1n) is 12.9. The summed E-state index contributed by atoms with van der Waals surface area (Å²) in [4.78, 5) is 39.1. The first-order chi connectivity index (χ1) is 15.9. The van der Waals surface area contributed by atoms with E-state index in [1.54, 1.807) is 0 Å². The number of hydrogen-bond donors (Lipinski definition) is 2. The summed E-state index contributed by atoms with van der Waals surface area (Å²) in [6.45, 7) is 7.08. The topological polar surface area (TPSA) is 131 Å². The molecule has 0 radical (unpaired) electrons. The van der Waals surface area contributed by atoms with E-state index < -0.39 is 29.4 Å². The van der Waals surface area contributed by atoms with E-state index in [4.69, 9.17) is 25.7 Å². The highest BCUT2D eigenvalue weighted by Crippen LogP contribution is 2.27. The van der Waals surface area contributed by atoms with Gasteiger partial charge in [-0.3, -0.25) is 4.79 Å². The number of hydrogen-bond acceptors (Lipinski definition) is 8. The highest BCUT2D eigenvalue weighted by molar-refractivity contribution is 6.08. The lowest BCUT2D eigenvalue weighted by molar-refractivity contribution is -0.175.